The fourth-order valence-corrected chi connectivity index (χ4v) is 2.89. The predicted molar refractivity (Wildman–Crippen MR) is 106 cm³/mol. The molecule has 0 aliphatic carbocycles. The number of aromatic amines is 1. The standard InChI is InChI=1S/C19H18IN3O2/c1-12-6-7-14(9-16-13(2)8-18(24)23-22-16)10-17(12)25-19-5-3-4-15(11-20)21-19/h3-8,10H,9,11H2,1-2H3,(H,23,24). The molecule has 3 aromatic rings. The highest BCUT2D eigenvalue weighted by Gasteiger charge is 2.08. The van der Waals surface area contributed by atoms with Gasteiger partial charge in [0.25, 0.3) is 5.56 Å². The van der Waals surface area contributed by atoms with Crippen LogP contribution in [-0.2, 0) is 10.8 Å². The number of rotatable bonds is 5. The van der Waals surface area contributed by atoms with E-state index in [1.807, 2.05) is 50.2 Å². The Morgan fingerprint density at radius 2 is 1.96 bits per heavy atom. The summed E-state index contributed by atoms with van der Waals surface area (Å²) in [6.07, 6.45) is 0.625. The molecule has 5 nitrogen and oxygen atoms in total. The molecule has 0 unspecified atom stereocenters. The van der Waals surface area contributed by atoms with E-state index in [0.717, 1.165) is 38.3 Å². The van der Waals surface area contributed by atoms with Crippen molar-refractivity contribution < 1.29 is 4.74 Å². The summed E-state index contributed by atoms with van der Waals surface area (Å²) in [5.74, 6) is 1.37. The quantitative estimate of drug-likeness (QED) is 0.473. The Morgan fingerprint density at radius 3 is 2.72 bits per heavy atom. The molecule has 0 spiro atoms. The number of hydrogen-bond acceptors (Lipinski definition) is 4. The van der Waals surface area contributed by atoms with Gasteiger partial charge in [0.1, 0.15) is 5.75 Å². The summed E-state index contributed by atoms with van der Waals surface area (Å²) in [5.41, 5.74) is 4.63. The number of hydrogen-bond donors (Lipinski definition) is 1. The van der Waals surface area contributed by atoms with Gasteiger partial charge in [-0.3, -0.25) is 4.79 Å². The first-order valence-corrected chi connectivity index (χ1v) is 9.42. The van der Waals surface area contributed by atoms with Crippen molar-refractivity contribution in [3.05, 3.63) is 80.9 Å². The van der Waals surface area contributed by atoms with E-state index in [9.17, 15) is 4.79 Å². The number of aryl methyl sites for hydroxylation is 2. The lowest BCUT2D eigenvalue weighted by Gasteiger charge is -2.11. The van der Waals surface area contributed by atoms with Gasteiger partial charge in [-0.15, -0.1) is 0 Å². The first-order chi connectivity index (χ1) is 12.0. The van der Waals surface area contributed by atoms with Gasteiger partial charge in [0.2, 0.25) is 5.88 Å². The van der Waals surface area contributed by atoms with Crippen LogP contribution in [0, 0.1) is 13.8 Å². The number of benzene rings is 1. The molecule has 0 amide bonds. The Bertz CT molecular complexity index is 953. The molecule has 0 aliphatic heterocycles. The molecule has 1 N–H and O–H groups in total. The van der Waals surface area contributed by atoms with Crippen molar-refractivity contribution >= 4 is 22.6 Å². The van der Waals surface area contributed by atoms with Crippen molar-refractivity contribution in [1.82, 2.24) is 15.2 Å². The monoisotopic (exact) mass is 447 g/mol. The van der Waals surface area contributed by atoms with Crippen LogP contribution in [0.25, 0.3) is 0 Å². The summed E-state index contributed by atoms with van der Waals surface area (Å²) >= 11 is 2.28. The molecule has 1 aromatic carbocycles. The van der Waals surface area contributed by atoms with E-state index in [2.05, 4.69) is 37.8 Å². The highest BCUT2D eigenvalue weighted by molar-refractivity contribution is 14.1. The Balaban J connectivity index is 1.86. The van der Waals surface area contributed by atoms with Gasteiger partial charge in [0.05, 0.1) is 11.4 Å². The van der Waals surface area contributed by atoms with E-state index in [1.54, 1.807) is 6.07 Å². The van der Waals surface area contributed by atoms with Gasteiger partial charge in [0, 0.05) is 23.0 Å². The molecule has 0 bridgehead atoms. The van der Waals surface area contributed by atoms with E-state index in [4.69, 9.17) is 4.74 Å². The summed E-state index contributed by atoms with van der Waals surface area (Å²) in [6.45, 7) is 3.90. The molecule has 0 fully saturated rings. The Kier molecular flexibility index (Phi) is 5.47. The first kappa shape index (κ1) is 17.6. The highest BCUT2D eigenvalue weighted by Crippen LogP contribution is 2.26. The SMILES string of the molecule is Cc1ccc(Cc2n[nH]c(=O)cc2C)cc1Oc1cccc(CI)n1. The van der Waals surface area contributed by atoms with Crippen molar-refractivity contribution in [3.8, 4) is 11.6 Å². The van der Waals surface area contributed by atoms with E-state index in [-0.39, 0.29) is 5.56 Å². The van der Waals surface area contributed by atoms with Gasteiger partial charge in [-0.1, -0.05) is 40.8 Å². The molecule has 0 saturated heterocycles. The maximum absolute atomic E-state index is 11.3. The summed E-state index contributed by atoms with van der Waals surface area (Å²) in [5, 5.41) is 6.63. The van der Waals surface area contributed by atoms with E-state index >= 15 is 0 Å². The fourth-order valence-electron chi connectivity index (χ4n) is 2.46. The van der Waals surface area contributed by atoms with Gasteiger partial charge in [-0.25, -0.2) is 10.1 Å². The average Bonchev–Trinajstić information content (AvgIpc) is 2.60. The van der Waals surface area contributed by atoms with Crippen molar-refractivity contribution in [2.24, 2.45) is 0 Å². The number of aromatic nitrogens is 3. The summed E-state index contributed by atoms with van der Waals surface area (Å²) in [4.78, 5) is 15.8. The molecule has 0 saturated carbocycles. The molecule has 0 atom stereocenters. The summed E-state index contributed by atoms with van der Waals surface area (Å²) < 4.78 is 6.83. The van der Waals surface area contributed by atoms with Gasteiger partial charge < -0.3 is 4.74 Å². The topological polar surface area (TPSA) is 67.9 Å². The number of alkyl halides is 1. The van der Waals surface area contributed by atoms with Gasteiger partial charge in [-0.05, 0) is 42.7 Å². The zero-order valence-electron chi connectivity index (χ0n) is 14.0. The van der Waals surface area contributed by atoms with Gasteiger partial charge >= 0.3 is 0 Å². The first-order valence-electron chi connectivity index (χ1n) is 7.89. The second-order valence-corrected chi connectivity index (χ2v) is 6.60. The maximum atomic E-state index is 11.3. The molecule has 2 heterocycles. The van der Waals surface area contributed by atoms with Crippen LogP contribution in [-0.4, -0.2) is 15.2 Å². The number of nitrogens with one attached hydrogen (secondary N) is 1. The minimum atomic E-state index is -0.185. The average molecular weight is 447 g/mol. The number of ether oxygens (including phenoxy) is 1. The Hall–Kier alpha value is -2.22. The number of nitrogens with zero attached hydrogens (tertiary/aromatic N) is 2. The summed E-state index contributed by atoms with van der Waals surface area (Å²) in [7, 11) is 0. The fraction of sp³-hybridized carbons (Fsp3) is 0.211. The Morgan fingerprint density at radius 1 is 1.12 bits per heavy atom. The zero-order valence-corrected chi connectivity index (χ0v) is 16.2. The molecule has 128 valence electrons. The van der Waals surface area contributed by atoms with Crippen LogP contribution in [0.2, 0.25) is 0 Å². The lowest BCUT2D eigenvalue weighted by atomic mass is 10.0. The highest BCUT2D eigenvalue weighted by atomic mass is 127. The second kappa shape index (κ2) is 7.77. The minimum absolute atomic E-state index is 0.185. The largest absolute Gasteiger partial charge is 0.439 e. The normalized spacial score (nSPS) is 10.7. The molecular weight excluding hydrogens is 429 g/mol. The number of halogens is 1. The van der Waals surface area contributed by atoms with Crippen molar-refractivity contribution in [2.75, 3.05) is 0 Å². The van der Waals surface area contributed by atoms with Crippen LogP contribution in [0.15, 0.2) is 47.3 Å². The molecule has 2 aromatic heterocycles. The lowest BCUT2D eigenvalue weighted by molar-refractivity contribution is 0.457. The van der Waals surface area contributed by atoms with Crippen LogP contribution in [0.1, 0.15) is 28.1 Å². The molecule has 0 radical (unpaired) electrons. The van der Waals surface area contributed by atoms with Crippen molar-refractivity contribution in [2.45, 2.75) is 24.7 Å². The molecule has 0 aliphatic rings. The van der Waals surface area contributed by atoms with Crippen molar-refractivity contribution in [3.63, 3.8) is 0 Å². The van der Waals surface area contributed by atoms with Crippen LogP contribution in [0.4, 0.5) is 0 Å². The third-order valence-electron chi connectivity index (χ3n) is 3.86. The third kappa shape index (κ3) is 4.45. The smallest absolute Gasteiger partial charge is 0.264 e. The van der Waals surface area contributed by atoms with Gasteiger partial charge in [0.15, 0.2) is 0 Å². The van der Waals surface area contributed by atoms with Crippen LogP contribution < -0.4 is 10.3 Å². The second-order valence-electron chi connectivity index (χ2n) is 5.84. The van der Waals surface area contributed by atoms with E-state index < -0.39 is 0 Å². The molecule has 6 heteroatoms. The third-order valence-corrected chi connectivity index (χ3v) is 4.64. The zero-order chi connectivity index (χ0) is 17.8. The van der Waals surface area contributed by atoms with Crippen LogP contribution in [0.5, 0.6) is 11.6 Å². The molecule has 25 heavy (non-hydrogen) atoms. The van der Waals surface area contributed by atoms with E-state index in [1.165, 1.54) is 0 Å². The number of H-pyrrole nitrogens is 1. The lowest BCUT2D eigenvalue weighted by Crippen LogP contribution is -2.10. The van der Waals surface area contributed by atoms with Crippen molar-refractivity contribution in [1.29, 1.82) is 0 Å². The van der Waals surface area contributed by atoms with Crippen LogP contribution in [0.3, 0.4) is 0 Å². The molecular formula is C19H18IN3O2. The minimum Gasteiger partial charge on any atom is -0.439 e. The van der Waals surface area contributed by atoms with E-state index in [0.29, 0.717) is 12.3 Å². The van der Waals surface area contributed by atoms with Gasteiger partial charge in [-0.2, -0.15) is 5.10 Å². The predicted octanol–water partition coefficient (Wildman–Crippen LogP) is 4.10. The number of pyridine rings is 1. The molecule has 3 rings (SSSR count). The Labute approximate surface area is 159 Å². The maximum Gasteiger partial charge on any atom is 0.264 e. The van der Waals surface area contributed by atoms with Crippen LogP contribution >= 0.6 is 22.6 Å². The summed E-state index contributed by atoms with van der Waals surface area (Å²) in [6, 6.07) is 13.4.